The standard InChI is InChI=1S/C21H33N3.2ClH/c1-16(2)23-11-9-19(10-12-23)24-14-18-13-22(3)21(20(18)15-24)17-7-5-4-6-8-17;;/h4-8,16,18-21H,9-15H2,1-3H3;2*1H/t18-,20+,21-;;/m0../s1. The van der Waals surface area contributed by atoms with Crippen LogP contribution in [-0.4, -0.2) is 66.6 Å². The van der Waals surface area contributed by atoms with Crippen molar-refractivity contribution in [3.63, 3.8) is 0 Å². The topological polar surface area (TPSA) is 9.72 Å². The van der Waals surface area contributed by atoms with Crippen LogP contribution in [0.4, 0.5) is 0 Å². The van der Waals surface area contributed by atoms with Crippen LogP contribution >= 0.6 is 24.8 Å². The molecular formula is C21H35Cl2N3. The summed E-state index contributed by atoms with van der Waals surface area (Å²) in [5, 5.41) is 0. The van der Waals surface area contributed by atoms with Crippen molar-refractivity contribution in [2.24, 2.45) is 11.8 Å². The predicted octanol–water partition coefficient (Wildman–Crippen LogP) is 3.94. The van der Waals surface area contributed by atoms with Gasteiger partial charge in [0.1, 0.15) is 0 Å². The Balaban J connectivity index is 0.00000121. The Bertz CT molecular complexity index is 545. The van der Waals surface area contributed by atoms with Gasteiger partial charge < -0.3 is 4.90 Å². The summed E-state index contributed by atoms with van der Waals surface area (Å²) >= 11 is 0. The third-order valence-electron chi connectivity index (χ3n) is 6.81. The van der Waals surface area contributed by atoms with Crippen LogP contribution in [0.2, 0.25) is 0 Å². The minimum atomic E-state index is 0. The molecule has 3 heterocycles. The molecule has 3 aliphatic heterocycles. The van der Waals surface area contributed by atoms with E-state index in [1.807, 2.05) is 0 Å². The molecule has 3 fully saturated rings. The monoisotopic (exact) mass is 399 g/mol. The van der Waals surface area contributed by atoms with Crippen molar-refractivity contribution in [1.82, 2.24) is 14.7 Å². The van der Waals surface area contributed by atoms with Gasteiger partial charge in [-0.25, -0.2) is 0 Å². The SMILES string of the molecule is CC(C)N1CCC(N2C[C@@H]3CN(C)[C@@H](c4ccccc4)[C@@H]3C2)CC1.Cl.Cl. The summed E-state index contributed by atoms with van der Waals surface area (Å²) in [6, 6.07) is 13.3. The Morgan fingerprint density at radius 3 is 2.19 bits per heavy atom. The van der Waals surface area contributed by atoms with Crippen molar-refractivity contribution >= 4 is 24.8 Å². The van der Waals surface area contributed by atoms with E-state index in [2.05, 4.69) is 65.9 Å². The lowest BCUT2D eigenvalue weighted by molar-refractivity contribution is 0.0961. The van der Waals surface area contributed by atoms with E-state index >= 15 is 0 Å². The zero-order valence-corrected chi connectivity index (χ0v) is 18.0. The molecule has 0 N–H and O–H groups in total. The second kappa shape index (κ2) is 9.25. The molecule has 1 aromatic rings. The normalized spacial score (nSPS) is 30.8. The summed E-state index contributed by atoms with van der Waals surface area (Å²) in [5.41, 5.74) is 1.52. The van der Waals surface area contributed by atoms with Crippen LogP contribution in [0.25, 0.3) is 0 Å². The first kappa shape index (κ1) is 22.0. The average molecular weight is 400 g/mol. The Hall–Kier alpha value is -0.320. The second-order valence-corrected chi connectivity index (χ2v) is 8.53. The van der Waals surface area contributed by atoms with E-state index in [4.69, 9.17) is 0 Å². The van der Waals surface area contributed by atoms with E-state index in [1.54, 1.807) is 0 Å². The van der Waals surface area contributed by atoms with Gasteiger partial charge >= 0.3 is 0 Å². The number of rotatable bonds is 3. The average Bonchev–Trinajstić information content (AvgIpc) is 3.12. The van der Waals surface area contributed by atoms with E-state index in [0.29, 0.717) is 12.1 Å². The highest BCUT2D eigenvalue weighted by molar-refractivity contribution is 5.85. The molecule has 0 bridgehead atoms. The molecule has 0 radical (unpaired) electrons. The van der Waals surface area contributed by atoms with Crippen molar-refractivity contribution < 1.29 is 0 Å². The van der Waals surface area contributed by atoms with E-state index < -0.39 is 0 Å². The number of piperidine rings is 1. The molecule has 0 spiro atoms. The fourth-order valence-electron chi connectivity index (χ4n) is 5.51. The van der Waals surface area contributed by atoms with Crippen LogP contribution in [-0.2, 0) is 0 Å². The molecule has 0 saturated carbocycles. The van der Waals surface area contributed by atoms with Crippen molar-refractivity contribution in [1.29, 1.82) is 0 Å². The first-order chi connectivity index (χ1) is 11.6. The van der Waals surface area contributed by atoms with Gasteiger partial charge in [-0.3, -0.25) is 9.80 Å². The third kappa shape index (κ3) is 4.23. The van der Waals surface area contributed by atoms with E-state index in [9.17, 15) is 0 Å². The van der Waals surface area contributed by atoms with Crippen LogP contribution in [0.15, 0.2) is 30.3 Å². The smallest absolute Gasteiger partial charge is 0.0389 e. The quantitative estimate of drug-likeness (QED) is 0.761. The summed E-state index contributed by atoms with van der Waals surface area (Å²) in [5.74, 6) is 1.68. The minimum absolute atomic E-state index is 0. The summed E-state index contributed by atoms with van der Waals surface area (Å²) in [6.07, 6.45) is 2.73. The highest BCUT2D eigenvalue weighted by Gasteiger charge is 2.47. The molecular weight excluding hydrogens is 365 g/mol. The van der Waals surface area contributed by atoms with Crippen LogP contribution in [0.1, 0.15) is 38.3 Å². The number of benzene rings is 1. The summed E-state index contributed by atoms with van der Waals surface area (Å²) in [7, 11) is 2.32. The fourth-order valence-corrected chi connectivity index (χ4v) is 5.51. The van der Waals surface area contributed by atoms with Crippen LogP contribution in [0.5, 0.6) is 0 Å². The van der Waals surface area contributed by atoms with E-state index in [1.165, 1.54) is 51.1 Å². The molecule has 0 amide bonds. The maximum Gasteiger partial charge on any atom is 0.0389 e. The molecule has 3 aliphatic rings. The van der Waals surface area contributed by atoms with Gasteiger partial charge in [0.15, 0.2) is 0 Å². The molecule has 0 aliphatic carbocycles. The second-order valence-electron chi connectivity index (χ2n) is 8.53. The van der Waals surface area contributed by atoms with Gasteiger partial charge in [0, 0.05) is 37.8 Å². The van der Waals surface area contributed by atoms with Gasteiger partial charge in [-0.1, -0.05) is 30.3 Å². The van der Waals surface area contributed by atoms with E-state index in [-0.39, 0.29) is 24.8 Å². The minimum Gasteiger partial charge on any atom is -0.301 e. The largest absolute Gasteiger partial charge is 0.301 e. The Morgan fingerprint density at radius 1 is 0.923 bits per heavy atom. The molecule has 3 atom stereocenters. The number of likely N-dealkylation sites (tertiary alicyclic amines) is 3. The van der Waals surface area contributed by atoms with Crippen LogP contribution in [0.3, 0.4) is 0 Å². The first-order valence-electron chi connectivity index (χ1n) is 9.86. The molecule has 3 saturated heterocycles. The predicted molar refractivity (Wildman–Crippen MR) is 115 cm³/mol. The maximum absolute atomic E-state index is 2.84. The fraction of sp³-hybridized carbons (Fsp3) is 0.714. The van der Waals surface area contributed by atoms with Gasteiger partial charge in [0.2, 0.25) is 0 Å². The van der Waals surface area contributed by atoms with Gasteiger partial charge in [0.25, 0.3) is 0 Å². The summed E-state index contributed by atoms with van der Waals surface area (Å²) < 4.78 is 0. The number of hydrogen-bond donors (Lipinski definition) is 0. The molecule has 4 rings (SSSR count). The zero-order chi connectivity index (χ0) is 16.7. The van der Waals surface area contributed by atoms with Gasteiger partial charge in [0.05, 0.1) is 0 Å². The lowest BCUT2D eigenvalue weighted by Gasteiger charge is -2.39. The summed E-state index contributed by atoms with van der Waals surface area (Å²) in [4.78, 5) is 8.09. The lowest BCUT2D eigenvalue weighted by Crippen LogP contribution is -2.46. The van der Waals surface area contributed by atoms with Crippen LogP contribution < -0.4 is 0 Å². The van der Waals surface area contributed by atoms with Crippen molar-refractivity contribution in [2.75, 3.05) is 39.8 Å². The number of fused-ring (bicyclic) bond motifs is 1. The molecule has 5 heteroatoms. The maximum atomic E-state index is 2.84. The number of nitrogens with zero attached hydrogens (tertiary/aromatic N) is 3. The molecule has 0 aromatic heterocycles. The number of hydrogen-bond acceptors (Lipinski definition) is 3. The number of halogens is 2. The molecule has 148 valence electrons. The van der Waals surface area contributed by atoms with Crippen molar-refractivity contribution in [2.45, 2.75) is 44.8 Å². The van der Waals surface area contributed by atoms with Crippen molar-refractivity contribution in [3.8, 4) is 0 Å². The Morgan fingerprint density at radius 2 is 1.58 bits per heavy atom. The van der Waals surface area contributed by atoms with Gasteiger partial charge in [-0.2, -0.15) is 0 Å². The highest BCUT2D eigenvalue weighted by atomic mass is 35.5. The molecule has 3 nitrogen and oxygen atoms in total. The Labute approximate surface area is 171 Å². The Kier molecular flexibility index (Phi) is 7.82. The van der Waals surface area contributed by atoms with E-state index in [0.717, 1.165) is 17.9 Å². The highest BCUT2D eigenvalue weighted by Crippen LogP contribution is 2.45. The van der Waals surface area contributed by atoms with Crippen molar-refractivity contribution in [3.05, 3.63) is 35.9 Å². The van der Waals surface area contributed by atoms with Gasteiger partial charge in [-0.15, -0.1) is 24.8 Å². The summed E-state index contributed by atoms with van der Waals surface area (Å²) in [6.45, 7) is 11.1. The molecule has 0 unspecified atom stereocenters. The zero-order valence-electron chi connectivity index (χ0n) is 16.4. The van der Waals surface area contributed by atoms with Crippen LogP contribution in [0, 0.1) is 11.8 Å². The lowest BCUT2D eigenvalue weighted by atomic mass is 9.90. The molecule has 26 heavy (non-hydrogen) atoms. The third-order valence-corrected chi connectivity index (χ3v) is 6.81. The van der Waals surface area contributed by atoms with Gasteiger partial charge in [-0.05, 0) is 64.2 Å². The molecule has 1 aromatic carbocycles. The first-order valence-corrected chi connectivity index (χ1v) is 9.86.